The van der Waals surface area contributed by atoms with Gasteiger partial charge in [0.2, 0.25) is 0 Å². The van der Waals surface area contributed by atoms with Gasteiger partial charge in [-0.25, -0.2) is 0 Å². The lowest BCUT2D eigenvalue weighted by atomic mass is 9.77. The summed E-state index contributed by atoms with van der Waals surface area (Å²) in [5, 5.41) is 0. The maximum Gasteiger partial charge on any atom is 0.0871 e. The van der Waals surface area contributed by atoms with E-state index in [9.17, 15) is 0 Å². The van der Waals surface area contributed by atoms with Crippen molar-refractivity contribution in [2.75, 3.05) is 44.9 Å². The maximum absolute atomic E-state index is 6.21. The van der Waals surface area contributed by atoms with Crippen molar-refractivity contribution in [2.24, 2.45) is 11.8 Å². The molecular weight excluding hydrogens is 286 g/mol. The molecule has 3 fully saturated rings. The van der Waals surface area contributed by atoms with E-state index >= 15 is 0 Å². The second kappa shape index (κ2) is 7.15. The fourth-order valence-electron chi connectivity index (χ4n) is 4.04. The summed E-state index contributed by atoms with van der Waals surface area (Å²) in [6.07, 6.45) is 4.81. The minimum atomic E-state index is 0.115. The zero-order valence-electron chi connectivity index (χ0n) is 13.1. The van der Waals surface area contributed by atoms with Gasteiger partial charge < -0.3 is 14.4 Å². The molecule has 0 radical (unpaired) electrons. The maximum atomic E-state index is 6.21. The highest BCUT2D eigenvalue weighted by Gasteiger charge is 2.43. The van der Waals surface area contributed by atoms with Gasteiger partial charge in [0.05, 0.1) is 24.4 Å². The van der Waals surface area contributed by atoms with E-state index in [1.54, 1.807) is 0 Å². The number of hydrazine groups is 1. The molecule has 3 saturated heterocycles. The molecular formula is C15H29N3O2S. The number of nitrogens with two attached hydrogens (primary N) is 1. The van der Waals surface area contributed by atoms with Gasteiger partial charge in [0.25, 0.3) is 0 Å². The highest BCUT2D eigenvalue weighted by molar-refractivity contribution is 7.99. The predicted molar refractivity (Wildman–Crippen MR) is 86.3 cm³/mol. The van der Waals surface area contributed by atoms with Crippen molar-refractivity contribution < 1.29 is 9.47 Å². The van der Waals surface area contributed by atoms with Crippen LogP contribution in [0.25, 0.3) is 0 Å². The number of thioether (sulfide) groups is 1. The van der Waals surface area contributed by atoms with Crippen LogP contribution in [0.3, 0.4) is 0 Å². The van der Waals surface area contributed by atoms with Gasteiger partial charge in [-0.1, -0.05) is 0 Å². The van der Waals surface area contributed by atoms with Gasteiger partial charge in [-0.05, 0) is 50.2 Å². The number of rotatable bonds is 3. The number of hydrogen-bond donors (Lipinski definition) is 2. The van der Waals surface area contributed by atoms with Crippen LogP contribution in [-0.4, -0.2) is 67.5 Å². The quantitative estimate of drug-likeness (QED) is 0.594. The topological polar surface area (TPSA) is 59.8 Å². The van der Waals surface area contributed by atoms with Crippen LogP contribution in [0.2, 0.25) is 0 Å². The number of likely N-dealkylation sites (N-methyl/N-ethyl adjacent to an activating group) is 1. The number of ether oxygens (including phenoxy) is 2. The van der Waals surface area contributed by atoms with E-state index in [4.69, 9.17) is 15.3 Å². The van der Waals surface area contributed by atoms with E-state index in [0.717, 1.165) is 39.1 Å². The minimum absolute atomic E-state index is 0.115. The Labute approximate surface area is 132 Å². The van der Waals surface area contributed by atoms with E-state index < -0.39 is 0 Å². The predicted octanol–water partition coefficient (Wildman–Crippen LogP) is 0.841. The van der Waals surface area contributed by atoms with Crippen molar-refractivity contribution in [2.45, 2.75) is 43.4 Å². The highest BCUT2D eigenvalue weighted by atomic mass is 32.2. The first-order valence-corrected chi connectivity index (χ1v) is 9.36. The molecule has 6 heteroatoms. The highest BCUT2D eigenvalue weighted by Crippen LogP contribution is 2.41. The first kappa shape index (κ1) is 16.0. The van der Waals surface area contributed by atoms with Crippen LogP contribution in [0.4, 0.5) is 0 Å². The van der Waals surface area contributed by atoms with E-state index in [0.29, 0.717) is 5.92 Å². The molecule has 5 nitrogen and oxygen atoms in total. The van der Waals surface area contributed by atoms with Crippen molar-refractivity contribution in [3.63, 3.8) is 0 Å². The molecule has 3 atom stereocenters. The number of nitrogens with zero attached hydrogens (tertiary/aromatic N) is 1. The average molecular weight is 315 g/mol. The van der Waals surface area contributed by atoms with Crippen LogP contribution in [0, 0.1) is 5.92 Å². The molecule has 3 aliphatic rings. The van der Waals surface area contributed by atoms with Gasteiger partial charge in [0, 0.05) is 19.7 Å². The third-order valence-electron chi connectivity index (χ3n) is 5.33. The first-order chi connectivity index (χ1) is 10.2. The van der Waals surface area contributed by atoms with Crippen LogP contribution < -0.4 is 11.3 Å². The Kier molecular flexibility index (Phi) is 5.45. The van der Waals surface area contributed by atoms with Crippen molar-refractivity contribution >= 4 is 11.8 Å². The Bertz CT molecular complexity index is 333. The number of morpholine rings is 1. The molecule has 0 bridgehead atoms. The normalized spacial score (nSPS) is 35.7. The van der Waals surface area contributed by atoms with E-state index in [2.05, 4.69) is 29.1 Å². The lowest BCUT2D eigenvalue weighted by Crippen LogP contribution is -2.58. The van der Waals surface area contributed by atoms with E-state index in [1.807, 2.05) is 0 Å². The molecule has 3 N–H and O–H groups in total. The molecule has 0 aromatic heterocycles. The Morgan fingerprint density at radius 1 is 1.33 bits per heavy atom. The van der Waals surface area contributed by atoms with Crippen molar-refractivity contribution in [3.8, 4) is 0 Å². The van der Waals surface area contributed by atoms with Gasteiger partial charge in [-0.2, -0.15) is 11.8 Å². The van der Waals surface area contributed by atoms with Gasteiger partial charge in [0.15, 0.2) is 0 Å². The molecule has 3 unspecified atom stereocenters. The summed E-state index contributed by atoms with van der Waals surface area (Å²) in [7, 11) is 2.16. The molecule has 0 aromatic carbocycles. The van der Waals surface area contributed by atoms with Crippen molar-refractivity contribution in [3.05, 3.63) is 0 Å². The smallest absolute Gasteiger partial charge is 0.0871 e. The number of nitrogens with one attached hydrogen (secondary N) is 1. The van der Waals surface area contributed by atoms with Crippen molar-refractivity contribution in [1.82, 2.24) is 10.3 Å². The molecule has 21 heavy (non-hydrogen) atoms. The zero-order chi connectivity index (χ0) is 14.7. The van der Waals surface area contributed by atoms with Gasteiger partial charge in [-0.3, -0.25) is 11.3 Å². The fraction of sp³-hybridized carbons (Fsp3) is 1.00. The SMILES string of the molecule is CN1CCOC(C(NN)C2CCOC3(CCSCC3)C2)C1. The summed E-state index contributed by atoms with van der Waals surface area (Å²) in [5.74, 6) is 8.93. The molecule has 3 rings (SSSR count). The summed E-state index contributed by atoms with van der Waals surface area (Å²) in [6, 6.07) is 0.239. The summed E-state index contributed by atoms with van der Waals surface area (Å²) in [4.78, 5) is 2.34. The van der Waals surface area contributed by atoms with Crippen LogP contribution in [0.5, 0.6) is 0 Å². The van der Waals surface area contributed by atoms with E-state index in [1.165, 1.54) is 24.3 Å². The Morgan fingerprint density at radius 2 is 2.14 bits per heavy atom. The van der Waals surface area contributed by atoms with Gasteiger partial charge in [-0.15, -0.1) is 0 Å². The average Bonchev–Trinajstić information content (AvgIpc) is 2.49. The molecule has 3 heterocycles. The van der Waals surface area contributed by atoms with Crippen LogP contribution >= 0.6 is 11.8 Å². The summed E-state index contributed by atoms with van der Waals surface area (Å²) in [5.41, 5.74) is 3.19. The van der Waals surface area contributed by atoms with Crippen LogP contribution in [-0.2, 0) is 9.47 Å². The van der Waals surface area contributed by atoms with E-state index in [-0.39, 0.29) is 17.7 Å². The molecule has 0 amide bonds. The molecule has 0 aliphatic carbocycles. The Balaban J connectivity index is 1.65. The Morgan fingerprint density at radius 3 is 2.86 bits per heavy atom. The van der Waals surface area contributed by atoms with Crippen molar-refractivity contribution in [1.29, 1.82) is 0 Å². The zero-order valence-corrected chi connectivity index (χ0v) is 13.9. The molecule has 0 saturated carbocycles. The third-order valence-corrected chi connectivity index (χ3v) is 6.32. The molecule has 0 aromatic rings. The Hall–Kier alpha value is 0.150. The lowest BCUT2D eigenvalue weighted by molar-refractivity contribution is -0.123. The number of hydrogen-bond acceptors (Lipinski definition) is 6. The second-order valence-corrected chi connectivity index (χ2v) is 7.99. The standard InChI is InChI=1S/C15H29N3O2S/c1-18-5-7-19-13(11-18)14(17-16)12-2-6-20-15(10-12)3-8-21-9-4-15/h12-14,17H,2-11,16H2,1H3. The third kappa shape index (κ3) is 3.74. The molecule has 1 spiro atoms. The monoisotopic (exact) mass is 315 g/mol. The summed E-state index contributed by atoms with van der Waals surface area (Å²) in [6.45, 7) is 3.66. The van der Waals surface area contributed by atoms with Crippen LogP contribution in [0.1, 0.15) is 25.7 Å². The summed E-state index contributed by atoms with van der Waals surface area (Å²) < 4.78 is 12.2. The second-order valence-electron chi connectivity index (χ2n) is 6.76. The van der Waals surface area contributed by atoms with Gasteiger partial charge >= 0.3 is 0 Å². The largest absolute Gasteiger partial charge is 0.375 e. The molecule has 3 aliphatic heterocycles. The first-order valence-electron chi connectivity index (χ1n) is 8.20. The molecule has 122 valence electrons. The minimum Gasteiger partial charge on any atom is -0.375 e. The lowest BCUT2D eigenvalue weighted by Gasteiger charge is -2.47. The van der Waals surface area contributed by atoms with Crippen LogP contribution in [0.15, 0.2) is 0 Å². The summed E-state index contributed by atoms with van der Waals surface area (Å²) >= 11 is 2.05. The fourth-order valence-corrected chi connectivity index (χ4v) is 5.28. The van der Waals surface area contributed by atoms with Gasteiger partial charge in [0.1, 0.15) is 0 Å².